The van der Waals surface area contributed by atoms with E-state index in [0.29, 0.717) is 41.6 Å². The van der Waals surface area contributed by atoms with E-state index in [9.17, 15) is 23.2 Å². The predicted octanol–water partition coefficient (Wildman–Crippen LogP) is 5.09. The Morgan fingerprint density at radius 3 is 2.62 bits per heavy atom. The molecule has 1 aliphatic rings. The van der Waals surface area contributed by atoms with Gasteiger partial charge in [-0.15, -0.1) is 0 Å². The van der Waals surface area contributed by atoms with Crippen molar-refractivity contribution in [1.29, 1.82) is 5.26 Å². The number of amides is 1. The molecule has 4 rings (SSSR count). The van der Waals surface area contributed by atoms with Gasteiger partial charge in [-0.05, 0) is 43.0 Å². The molecule has 1 heterocycles. The fraction of sp³-hybridized carbons (Fsp3) is 0.320. The number of aromatic nitrogens is 1. The van der Waals surface area contributed by atoms with Gasteiger partial charge in [-0.25, -0.2) is 4.98 Å². The monoisotopic (exact) mass is 462 g/mol. The molecular weight excluding hydrogens is 440 g/mol. The highest BCUT2D eigenvalue weighted by Crippen LogP contribution is 2.35. The lowest BCUT2D eigenvalue weighted by molar-refractivity contribution is -0.140. The Bertz CT molecular complexity index is 1240. The average molecular weight is 462 g/mol. The molecule has 34 heavy (non-hydrogen) atoms. The molecule has 1 fully saturated rings. The van der Waals surface area contributed by atoms with Crippen molar-refractivity contribution < 1.29 is 18.0 Å². The highest BCUT2D eigenvalue weighted by Gasteiger charge is 2.34. The number of hydrogen-bond acceptors (Lipinski definition) is 4. The zero-order valence-corrected chi connectivity index (χ0v) is 18.3. The van der Waals surface area contributed by atoms with Gasteiger partial charge >= 0.3 is 6.18 Å². The number of carbonyl (C=O) groups is 1. The van der Waals surface area contributed by atoms with Gasteiger partial charge in [0.25, 0.3) is 5.91 Å². The number of benzene rings is 2. The number of alkyl halides is 3. The number of fused-ring (bicyclic) bond motifs is 1. The van der Waals surface area contributed by atoms with Gasteiger partial charge < -0.3 is 10.6 Å². The minimum absolute atomic E-state index is 0.135. The quantitative estimate of drug-likeness (QED) is 0.518. The Hall–Kier alpha value is -3.54. The van der Waals surface area contributed by atoms with E-state index in [1.807, 2.05) is 6.07 Å². The SMILES string of the molecule is [B]C1C[C@H](CNc2cc(C(F)(F)F)nc3ccccc23)CC[C@@H]1NC(=O)c1ccccc1C#N. The van der Waals surface area contributed by atoms with Crippen LogP contribution in [0.25, 0.3) is 10.9 Å². The number of carbonyl (C=O) groups excluding carboxylic acids is 1. The molecule has 3 atom stereocenters. The molecule has 1 unspecified atom stereocenters. The zero-order valence-electron chi connectivity index (χ0n) is 18.3. The lowest BCUT2D eigenvalue weighted by Gasteiger charge is -2.35. The summed E-state index contributed by atoms with van der Waals surface area (Å²) in [4.78, 5) is 16.4. The molecule has 2 aromatic carbocycles. The van der Waals surface area contributed by atoms with Crippen LogP contribution < -0.4 is 10.6 Å². The van der Waals surface area contributed by atoms with Gasteiger partial charge in [0, 0.05) is 23.7 Å². The molecule has 1 aliphatic carbocycles. The van der Waals surface area contributed by atoms with Crippen molar-refractivity contribution in [2.75, 3.05) is 11.9 Å². The number of nitrogens with zero attached hydrogens (tertiary/aromatic N) is 2. The Balaban J connectivity index is 1.40. The number of nitrogens with one attached hydrogen (secondary N) is 2. The summed E-state index contributed by atoms with van der Waals surface area (Å²) in [7, 11) is 6.34. The van der Waals surface area contributed by atoms with Gasteiger partial charge in [0.2, 0.25) is 0 Å². The van der Waals surface area contributed by atoms with Crippen LogP contribution in [0.2, 0.25) is 5.82 Å². The summed E-state index contributed by atoms with van der Waals surface area (Å²) >= 11 is 0. The molecule has 3 aromatic rings. The summed E-state index contributed by atoms with van der Waals surface area (Å²) in [6.07, 6.45) is -2.55. The average Bonchev–Trinajstić information content (AvgIpc) is 2.83. The Morgan fingerprint density at radius 1 is 1.15 bits per heavy atom. The van der Waals surface area contributed by atoms with Crippen molar-refractivity contribution in [2.24, 2.45) is 5.92 Å². The molecule has 0 aliphatic heterocycles. The second kappa shape index (κ2) is 9.76. The van der Waals surface area contributed by atoms with E-state index in [2.05, 4.69) is 15.6 Å². The van der Waals surface area contributed by atoms with Gasteiger partial charge in [-0.1, -0.05) is 42.6 Å². The maximum absolute atomic E-state index is 13.3. The van der Waals surface area contributed by atoms with E-state index >= 15 is 0 Å². The number of halogens is 3. The third kappa shape index (κ3) is 5.17. The van der Waals surface area contributed by atoms with Crippen LogP contribution in [-0.4, -0.2) is 31.3 Å². The van der Waals surface area contributed by atoms with Crippen LogP contribution in [0, 0.1) is 17.2 Å². The topological polar surface area (TPSA) is 77.8 Å². The molecule has 9 heteroatoms. The van der Waals surface area contributed by atoms with E-state index in [4.69, 9.17) is 7.85 Å². The number of para-hydroxylation sites is 1. The normalized spacial score (nSPS) is 20.5. The fourth-order valence-electron chi connectivity index (χ4n) is 4.41. The molecule has 0 saturated heterocycles. The van der Waals surface area contributed by atoms with E-state index in [1.54, 1.807) is 48.5 Å². The number of hydrogen-bond donors (Lipinski definition) is 2. The number of anilines is 1. The summed E-state index contributed by atoms with van der Waals surface area (Å²) in [6.45, 7) is 0.455. The highest BCUT2D eigenvalue weighted by molar-refractivity contribution is 6.12. The van der Waals surface area contributed by atoms with E-state index in [1.165, 1.54) is 0 Å². The Kier molecular flexibility index (Phi) is 6.78. The first kappa shape index (κ1) is 23.6. The molecule has 0 spiro atoms. The number of rotatable bonds is 5. The van der Waals surface area contributed by atoms with Crippen molar-refractivity contribution in [3.63, 3.8) is 0 Å². The van der Waals surface area contributed by atoms with Crippen LogP contribution in [0.1, 0.15) is 40.9 Å². The minimum atomic E-state index is -4.54. The van der Waals surface area contributed by atoms with E-state index in [-0.39, 0.29) is 29.2 Å². The fourth-order valence-corrected chi connectivity index (χ4v) is 4.41. The second-order valence-electron chi connectivity index (χ2n) is 8.53. The van der Waals surface area contributed by atoms with Crippen LogP contribution in [0.15, 0.2) is 54.6 Å². The predicted molar refractivity (Wildman–Crippen MR) is 124 cm³/mol. The maximum Gasteiger partial charge on any atom is 0.433 e. The molecule has 172 valence electrons. The number of pyridine rings is 1. The van der Waals surface area contributed by atoms with Gasteiger partial charge in [-0.3, -0.25) is 4.79 Å². The molecular formula is C25H22BF3N4O. The summed E-state index contributed by atoms with van der Waals surface area (Å²) in [5, 5.41) is 15.9. The van der Waals surface area contributed by atoms with Gasteiger partial charge in [-0.2, -0.15) is 18.4 Å². The van der Waals surface area contributed by atoms with E-state index in [0.717, 1.165) is 12.5 Å². The molecule has 0 bridgehead atoms. The highest BCUT2D eigenvalue weighted by atomic mass is 19.4. The molecule has 5 nitrogen and oxygen atoms in total. The first-order valence-corrected chi connectivity index (χ1v) is 11.0. The van der Waals surface area contributed by atoms with Crippen LogP contribution in [0.4, 0.5) is 18.9 Å². The molecule has 1 amide bonds. The van der Waals surface area contributed by atoms with Gasteiger partial charge in [0.05, 0.1) is 30.6 Å². The minimum Gasteiger partial charge on any atom is -0.384 e. The van der Waals surface area contributed by atoms with Gasteiger partial charge in [0.1, 0.15) is 5.69 Å². The summed E-state index contributed by atoms with van der Waals surface area (Å²) in [5.74, 6) is -0.508. The zero-order chi connectivity index (χ0) is 24.3. The molecule has 1 saturated carbocycles. The van der Waals surface area contributed by atoms with Crippen LogP contribution in [0.5, 0.6) is 0 Å². The first-order valence-electron chi connectivity index (χ1n) is 11.0. The standard InChI is InChI=1S/C25H22BF3N4O/c26-19-11-15(9-10-21(19)33-24(34)17-6-2-1-5-16(17)13-30)14-31-22-12-23(25(27,28)29)32-20-8-4-3-7-18(20)22/h1-8,12,15,19,21H,9-11,14H2,(H,31,32)(H,33,34)/t15-,19?,21+/m1/s1. The maximum atomic E-state index is 13.3. The Morgan fingerprint density at radius 2 is 1.88 bits per heavy atom. The summed E-state index contributed by atoms with van der Waals surface area (Å²) in [5.41, 5.74) is 0.338. The summed E-state index contributed by atoms with van der Waals surface area (Å²) < 4.78 is 39.9. The molecule has 2 N–H and O–H groups in total. The number of nitriles is 1. The van der Waals surface area contributed by atoms with Crippen molar-refractivity contribution in [3.8, 4) is 6.07 Å². The lowest BCUT2D eigenvalue weighted by Crippen LogP contribution is -2.42. The van der Waals surface area contributed by atoms with Crippen molar-refractivity contribution >= 4 is 30.3 Å². The van der Waals surface area contributed by atoms with E-state index < -0.39 is 11.9 Å². The lowest BCUT2D eigenvalue weighted by atomic mass is 9.68. The smallest absolute Gasteiger partial charge is 0.384 e. The van der Waals surface area contributed by atoms with Gasteiger partial charge in [0.15, 0.2) is 0 Å². The van der Waals surface area contributed by atoms with Crippen molar-refractivity contribution in [2.45, 2.75) is 37.3 Å². The summed E-state index contributed by atoms with van der Waals surface area (Å²) in [6, 6.07) is 16.1. The molecule has 1 aromatic heterocycles. The third-order valence-corrected chi connectivity index (χ3v) is 6.20. The van der Waals surface area contributed by atoms with Crippen LogP contribution in [0.3, 0.4) is 0 Å². The van der Waals surface area contributed by atoms with Crippen LogP contribution in [-0.2, 0) is 6.18 Å². The van der Waals surface area contributed by atoms with Crippen molar-refractivity contribution in [3.05, 3.63) is 71.4 Å². The molecule has 2 radical (unpaired) electrons. The first-order chi connectivity index (χ1) is 16.3. The van der Waals surface area contributed by atoms with Crippen molar-refractivity contribution in [1.82, 2.24) is 10.3 Å². The Labute approximate surface area is 196 Å². The van der Waals surface area contributed by atoms with Crippen LogP contribution >= 0.6 is 0 Å². The third-order valence-electron chi connectivity index (χ3n) is 6.20. The second-order valence-corrected chi connectivity index (χ2v) is 8.53. The largest absolute Gasteiger partial charge is 0.433 e.